The molecule has 1 saturated heterocycles. The molecule has 1 aromatic carbocycles. The van der Waals surface area contributed by atoms with Crippen molar-refractivity contribution in [1.29, 1.82) is 0 Å². The molecule has 1 atom stereocenters. The van der Waals surface area contributed by atoms with Crippen LogP contribution in [0.1, 0.15) is 15.9 Å². The van der Waals surface area contributed by atoms with E-state index in [1.54, 1.807) is 0 Å². The van der Waals surface area contributed by atoms with E-state index in [2.05, 4.69) is 17.3 Å². The number of rotatable bonds is 3. The van der Waals surface area contributed by atoms with Gasteiger partial charge in [-0.3, -0.25) is 4.79 Å². The molecule has 1 aliphatic rings. The van der Waals surface area contributed by atoms with Crippen LogP contribution in [-0.2, 0) is 0 Å². The molecule has 1 unspecified atom stereocenters. The molecule has 0 radical (unpaired) electrons. The molecule has 1 aromatic rings. The van der Waals surface area contributed by atoms with Crippen LogP contribution in [0.25, 0.3) is 0 Å². The molecule has 0 bridgehead atoms. The number of amides is 1. The second-order valence-electron chi connectivity index (χ2n) is 5.47. The van der Waals surface area contributed by atoms with Crippen LogP contribution in [0, 0.1) is 6.92 Å². The molecule has 1 N–H and O–H groups in total. The van der Waals surface area contributed by atoms with Gasteiger partial charge in [0.1, 0.15) is 0 Å². The lowest BCUT2D eigenvalue weighted by Gasteiger charge is -2.33. The molecule has 4 heteroatoms. The minimum Gasteiger partial charge on any atom is -0.340 e. The summed E-state index contributed by atoms with van der Waals surface area (Å²) < 4.78 is 0. The van der Waals surface area contributed by atoms with Crippen LogP contribution < -0.4 is 5.32 Å². The van der Waals surface area contributed by atoms with Crippen molar-refractivity contribution in [3.63, 3.8) is 0 Å². The van der Waals surface area contributed by atoms with Gasteiger partial charge in [0.15, 0.2) is 0 Å². The van der Waals surface area contributed by atoms with Crippen molar-refractivity contribution >= 4 is 5.91 Å². The van der Waals surface area contributed by atoms with Gasteiger partial charge in [0.05, 0.1) is 0 Å². The number of hydrogen-bond donors (Lipinski definition) is 1. The van der Waals surface area contributed by atoms with Crippen LogP contribution in [0.2, 0.25) is 0 Å². The van der Waals surface area contributed by atoms with E-state index in [9.17, 15) is 4.79 Å². The SMILES string of the molecule is Cc1cccc(C(=O)N(C)CC2CN(C)CCN2)c1. The van der Waals surface area contributed by atoms with Gasteiger partial charge in [-0.25, -0.2) is 0 Å². The summed E-state index contributed by atoms with van der Waals surface area (Å²) in [5.74, 6) is 0.0960. The first-order valence-electron chi connectivity index (χ1n) is 6.80. The Labute approximate surface area is 115 Å². The van der Waals surface area contributed by atoms with Gasteiger partial charge in [-0.1, -0.05) is 17.7 Å². The van der Waals surface area contributed by atoms with Gasteiger partial charge in [-0.05, 0) is 26.1 Å². The highest BCUT2D eigenvalue weighted by molar-refractivity contribution is 5.94. The normalized spacial score (nSPS) is 20.3. The van der Waals surface area contributed by atoms with Crippen LogP contribution in [0.4, 0.5) is 0 Å². The highest BCUT2D eigenvalue weighted by Crippen LogP contribution is 2.08. The molecule has 1 heterocycles. The third-order valence-electron chi connectivity index (χ3n) is 3.56. The van der Waals surface area contributed by atoms with E-state index < -0.39 is 0 Å². The van der Waals surface area contributed by atoms with Gasteiger partial charge in [0.25, 0.3) is 5.91 Å². The molecule has 19 heavy (non-hydrogen) atoms. The van der Waals surface area contributed by atoms with Crippen molar-refractivity contribution in [2.75, 3.05) is 40.3 Å². The van der Waals surface area contributed by atoms with Crippen molar-refractivity contribution < 1.29 is 4.79 Å². The predicted octanol–water partition coefficient (Wildman–Crippen LogP) is 0.971. The lowest BCUT2D eigenvalue weighted by Crippen LogP contribution is -2.53. The Morgan fingerprint density at radius 3 is 3.00 bits per heavy atom. The topological polar surface area (TPSA) is 35.6 Å². The van der Waals surface area contributed by atoms with Crippen LogP contribution in [0.15, 0.2) is 24.3 Å². The summed E-state index contributed by atoms with van der Waals surface area (Å²) in [5, 5.41) is 3.46. The lowest BCUT2D eigenvalue weighted by atomic mass is 10.1. The number of nitrogens with zero attached hydrogens (tertiary/aromatic N) is 2. The van der Waals surface area contributed by atoms with Gasteiger partial charge in [-0.15, -0.1) is 0 Å². The summed E-state index contributed by atoms with van der Waals surface area (Å²) in [4.78, 5) is 16.4. The van der Waals surface area contributed by atoms with Gasteiger partial charge in [-0.2, -0.15) is 0 Å². The largest absolute Gasteiger partial charge is 0.340 e. The Kier molecular flexibility index (Phi) is 4.56. The summed E-state index contributed by atoms with van der Waals surface area (Å²) in [6, 6.07) is 8.13. The number of carbonyl (C=O) groups excluding carboxylic acids is 1. The molecule has 1 amide bonds. The molecule has 0 saturated carbocycles. The predicted molar refractivity (Wildman–Crippen MR) is 77.4 cm³/mol. The first-order valence-corrected chi connectivity index (χ1v) is 6.80. The highest BCUT2D eigenvalue weighted by Gasteiger charge is 2.20. The quantitative estimate of drug-likeness (QED) is 0.881. The van der Waals surface area contributed by atoms with E-state index in [4.69, 9.17) is 0 Å². The number of benzene rings is 1. The Morgan fingerprint density at radius 2 is 2.32 bits per heavy atom. The number of aryl methyl sites for hydroxylation is 1. The fourth-order valence-corrected chi connectivity index (χ4v) is 2.53. The van der Waals surface area contributed by atoms with Crippen molar-refractivity contribution in [3.05, 3.63) is 35.4 Å². The van der Waals surface area contributed by atoms with Crippen LogP contribution in [0.3, 0.4) is 0 Å². The average molecular weight is 261 g/mol. The lowest BCUT2D eigenvalue weighted by molar-refractivity contribution is 0.0764. The summed E-state index contributed by atoms with van der Waals surface area (Å²) in [6.07, 6.45) is 0. The van der Waals surface area contributed by atoms with E-state index in [-0.39, 0.29) is 5.91 Å². The number of piperazine rings is 1. The summed E-state index contributed by atoms with van der Waals surface area (Å²) >= 11 is 0. The third kappa shape index (κ3) is 3.78. The summed E-state index contributed by atoms with van der Waals surface area (Å²) in [7, 11) is 4.00. The monoisotopic (exact) mass is 261 g/mol. The second-order valence-corrected chi connectivity index (χ2v) is 5.47. The zero-order valence-corrected chi connectivity index (χ0v) is 12.0. The number of carbonyl (C=O) groups is 1. The number of hydrogen-bond acceptors (Lipinski definition) is 3. The molecule has 0 aliphatic carbocycles. The highest BCUT2D eigenvalue weighted by atomic mass is 16.2. The van der Waals surface area contributed by atoms with Gasteiger partial charge >= 0.3 is 0 Å². The third-order valence-corrected chi connectivity index (χ3v) is 3.56. The maximum atomic E-state index is 12.3. The minimum atomic E-state index is 0.0960. The molecule has 0 aromatic heterocycles. The van der Waals surface area contributed by atoms with E-state index in [0.717, 1.165) is 37.3 Å². The van der Waals surface area contributed by atoms with Crippen LogP contribution >= 0.6 is 0 Å². The number of likely N-dealkylation sites (N-methyl/N-ethyl adjacent to an activating group) is 2. The van der Waals surface area contributed by atoms with E-state index in [1.165, 1.54) is 0 Å². The van der Waals surface area contributed by atoms with Crippen LogP contribution in [-0.4, -0.2) is 62.0 Å². The minimum absolute atomic E-state index is 0.0960. The molecule has 1 fully saturated rings. The number of nitrogens with one attached hydrogen (secondary N) is 1. The maximum Gasteiger partial charge on any atom is 0.253 e. The molecular weight excluding hydrogens is 238 g/mol. The molecule has 2 rings (SSSR count). The second kappa shape index (κ2) is 6.17. The van der Waals surface area contributed by atoms with Crippen molar-refractivity contribution in [3.8, 4) is 0 Å². The van der Waals surface area contributed by atoms with Gasteiger partial charge in [0.2, 0.25) is 0 Å². The van der Waals surface area contributed by atoms with Crippen molar-refractivity contribution in [2.24, 2.45) is 0 Å². The molecule has 4 nitrogen and oxygen atoms in total. The van der Waals surface area contributed by atoms with Gasteiger partial charge in [0, 0.05) is 44.8 Å². The molecule has 0 spiro atoms. The standard InChI is InChI=1S/C15H23N3O/c1-12-5-4-6-13(9-12)15(19)18(3)11-14-10-17(2)8-7-16-14/h4-6,9,14,16H,7-8,10-11H2,1-3H3. The maximum absolute atomic E-state index is 12.3. The molecule has 104 valence electrons. The van der Waals surface area contributed by atoms with E-state index >= 15 is 0 Å². The Bertz CT molecular complexity index is 447. The summed E-state index contributed by atoms with van der Waals surface area (Å²) in [5.41, 5.74) is 1.89. The molecule has 1 aliphatic heterocycles. The molecular formula is C15H23N3O. The first-order chi connectivity index (χ1) is 9.06. The van der Waals surface area contributed by atoms with E-state index in [0.29, 0.717) is 6.04 Å². The average Bonchev–Trinajstić information content (AvgIpc) is 2.38. The zero-order valence-electron chi connectivity index (χ0n) is 12.0. The van der Waals surface area contributed by atoms with E-state index in [1.807, 2.05) is 43.1 Å². The fraction of sp³-hybridized carbons (Fsp3) is 0.533. The zero-order chi connectivity index (χ0) is 13.8. The van der Waals surface area contributed by atoms with Crippen molar-refractivity contribution in [2.45, 2.75) is 13.0 Å². The van der Waals surface area contributed by atoms with Gasteiger partial charge < -0.3 is 15.1 Å². The smallest absolute Gasteiger partial charge is 0.253 e. The summed E-state index contributed by atoms with van der Waals surface area (Å²) in [6.45, 7) is 5.82. The Morgan fingerprint density at radius 1 is 1.53 bits per heavy atom. The first kappa shape index (κ1) is 14.0. The Balaban J connectivity index is 1.95. The van der Waals surface area contributed by atoms with Crippen molar-refractivity contribution in [1.82, 2.24) is 15.1 Å². The van der Waals surface area contributed by atoms with Crippen LogP contribution in [0.5, 0.6) is 0 Å². The Hall–Kier alpha value is -1.39. The fourth-order valence-electron chi connectivity index (χ4n) is 2.53.